The van der Waals surface area contributed by atoms with Crippen LogP contribution in [0.5, 0.6) is 5.75 Å². The minimum absolute atomic E-state index is 0.0762. The van der Waals surface area contributed by atoms with Gasteiger partial charge in [0.1, 0.15) is 22.8 Å². The van der Waals surface area contributed by atoms with Crippen molar-refractivity contribution in [3.63, 3.8) is 0 Å². The molecule has 4 aromatic rings. The van der Waals surface area contributed by atoms with E-state index < -0.39 is 17.4 Å². The predicted molar refractivity (Wildman–Crippen MR) is 128 cm³/mol. The Bertz CT molecular complexity index is 1390. The standard InChI is InChI=1S/C25H23N5O5/c1-3-35-25(33)19-15-26-30(17-7-5-4-6-8-17)23(19)29-24(32)20-14-22(31)28-21(27-20)13-16-9-11-18(34-2)12-10-16/h4-12,14-15H,3,13H2,1-2H3,(H,29,32)(H,27,28,31). The van der Waals surface area contributed by atoms with Gasteiger partial charge in [-0.25, -0.2) is 14.5 Å². The van der Waals surface area contributed by atoms with Crippen LogP contribution in [0.2, 0.25) is 0 Å². The molecule has 2 aromatic heterocycles. The van der Waals surface area contributed by atoms with Crippen molar-refractivity contribution in [2.24, 2.45) is 0 Å². The molecule has 2 heterocycles. The number of para-hydroxylation sites is 1. The molecule has 0 bridgehead atoms. The van der Waals surface area contributed by atoms with Gasteiger partial charge in [-0.15, -0.1) is 0 Å². The minimum Gasteiger partial charge on any atom is -0.497 e. The number of methoxy groups -OCH3 is 1. The molecular formula is C25H23N5O5. The summed E-state index contributed by atoms with van der Waals surface area (Å²) in [6.07, 6.45) is 1.62. The number of aromatic amines is 1. The van der Waals surface area contributed by atoms with Crippen LogP contribution in [0, 0.1) is 0 Å². The fourth-order valence-electron chi connectivity index (χ4n) is 3.41. The number of benzene rings is 2. The number of hydrogen-bond acceptors (Lipinski definition) is 7. The first-order chi connectivity index (χ1) is 17.0. The first-order valence-electron chi connectivity index (χ1n) is 10.8. The maximum Gasteiger partial charge on any atom is 0.343 e. The molecule has 0 aliphatic rings. The fourth-order valence-corrected chi connectivity index (χ4v) is 3.41. The Morgan fingerprint density at radius 2 is 1.83 bits per heavy atom. The molecule has 4 rings (SSSR count). The van der Waals surface area contributed by atoms with Crippen LogP contribution in [-0.4, -0.2) is 45.3 Å². The summed E-state index contributed by atoms with van der Waals surface area (Å²) in [7, 11) is 1.58. The number of amides is 1. The molecule has 0 radical (unpaired) electrons. The summed E-state index contributed by atoms with van der Waals surface area (Å²) in [6, 6.07) is 17.4. The second-order valence-corrected chi connectivity index (χ2v) is 7.43. The number of rotatable bonds is 8. The molecule has 0 atom stereocenters. The van der Waals surface area contributed by atoms with Crippen molar-refractivity contribution < 1.29 is 19.1 Å². The van der Waals surface area contributed by atoms with E-state index in [9.17, 15) is 14.4 Å². The van der Waals surface area contributed by atoms with Gasteiger partial charge in [0, 0.05) is 12.5 Å². The average molecular weight is 473 g/mol. The summed E-state index contributed by atoms with van der Waals surface area (Å²) < 4.78 is 11.7. The van der Waals surface area contributed by atoms with Crippen molar-refractivity contribution in [3.05, 3.63) is 99.9 Å². The molecule has 0 aliphatic heterocycles. The SMILES string of the molecule is CCOC(=O)c1cnn(-c2ccccc2)c1NC(=O)c1cc(=O)[nH]c(Cc2ccc(OC)cc2)n1. The molecule has 0 spiro atoms. The summed E-state index contributed by atoms with van der Waals surface area (Å²) >= 11 is 0. The highest BCUT2D eigenvalue weighted by molar-refractivity contribution is 6.06. The lowest BCUT2D eigenvalue weighted by molar-refractivity contribution is 0.0527. The molecule has 35 heavy (non-hydrogen) atoms. The van der Waals surface area contributed by atoms with Gasteiger partial charge < -0.3 is 19.8 Å². The maximum absolute atomic E-state index is 13.1. The van der Waals surface area contributed by atoms with E-state index in [2.05, 4.69) is 20.4 Å². The number of H-pyrrole nitrogens is 1. The van der Waals surface area contributed by atoms with Crippen LogP contribution in [0.1, 0.15) is 39.2 Å². The van der Waals surface area contributed by atoms with Crippen LogP contribution in [0.4, 0.5) is 5.82 Å². The van der Waals surface area contributed by atoms with Crippen molar-refractivity contribution in [1.29, 1.82) is 0 Å². The van der Waals surface area contributed by atoms with Crippen LogP contribution >= 0.6 is 0 Å². The van der Waals surface area contributed by atoms with Crippen molar-refractivity contribution in [2.75, 3.05) is 19.0 Å². The van der Waals surface area contributed by atoms with Crippen LogP contribution in [0.15, 0.2) is 71.7 Å². The Morgan fingerprint density at radius 3 is 2.51 bits per heavy atom. The lowest BCUT2D eigenvalue weighted by Gasteiger charge is -2.11. The monoisotopic (exact) mass is 473 g/mol. The highest BCUT2D eigenvalue weighted by Gasteiger charge is 2.23. The van der Waals surface area contributed by atoms with E-state index in [1.165, 1.54) is 10.9 Å². The van der Waals surface area contributed by atoms with Gasteiger partial charge in [-0.05, 0) is 36.8 Å². The molecule has 2 N–H and O–H groups in total. The van der Waals surface area contributed by atoms with E-state index in [0.29, 0.717) is 23.7 Å². The lowest BCUT2D eigenvalue weighted by atomic mass is 10.1. The third kappa shape index (κ3) is 5.44. The quantitative estimate of drug-likeness (QED) is 0.377. The number of hydrogen-bond donors (Lipinski definition) is 2. The van der Waals surface area contributed by atoms with Gasteiger partial charge in [-0.2, -0.15) is 5.10 Å². The number of anilines is 1. The van der Waals surface area contributed by atoms with Gasteiger partial charge in [-0.1, -0.05) is 30.3 Å². The van der Waals surface area contributed by atoms with Gasteiger partial charge >= 0.3 is 5.97 Å². The zero-order chi connectivity index (χ0) is 24.8. The summed E-state index contributed by atoms with van der Waals surface area (Å²) in [5.41, 5.74) is 0.992. The molecule has 178 valence electrons. The lowest BCUT2D eigenvalue weighted by Crippen LogP contribution is -2.23. The number of ether oxygens (including phenoxy) is 2. The van der Waals surface area contributed by atoms with Gasteiger partial charge in [0.05, 0.1) is 25.6 Å². The van der Waals surface area contributed by atoms with Crippen LogP contribution in [0.3, 0.4) is 0 Å². The number of nitrogens with zero attached hydrogens (tertiary/aromatic N) is 3. The Morgan fingerprint density at radius 1 is 1.09 bits per heavy atom. The third-order valence-electron chi connectivity index (χ3n) is 5.05. The predicted octanol–water partition coefficient (Wildman–Crippen LogP) is 2.98. The van der Waals surface area contributed by atoms with Crippen molar-refractivity contribution in [2.45, 2.75) is 13.3 Å². The number of carbonyl (C=O) groups excluding carboxylic acids is 2. The molecule has 0 aliphatic carbocycles. The van der Waals surface area contributed by atoms with E-state index >= 15 is 0 Å². The fraction of sp³-hybridized carbons (Fsp3) is 0.160. The highest BCUT2D eigenvalue weighted by Crippen LogP contribution is 2.22. The largest absolute Gasteiger partial charge is 0.497 e. The van der Waals surface area contributed by atoms with Crippen molar-refractivity contribution in [1.82, 2.24) is 19.7 Å². The molecule has 10 heteroatoms. The summed E-state index contributed by atoms with van der Waals surface area (Å²) in [4.78, 5) is 44.9. The third-order valence-corrected chi connectivity index (χ3v) is 5.05. The Balaban J connectivity index is 1.64. The van der Waals surface area contributed by atoms with Crippen LogP contribution in [-0.2, 0) is 11.2 Å². The normalized spacial score (nSPS) is 10.6. The molecule has 1 amide bonds. The summed E-state index contributed by atoms with van der Waals surface area (Å²) in [5.74, 6) is -0.177. The van der Waals surface area contributed by atoms with E-state index in [4.69, 9.17) is 9.47 Å². The van der Waals surface area contributed by atoms with E-state index in [1.807, 2.05) is 18.2 Å². The van der Waals surface area contributed by atoms with Gasteiger partial charge in [0.25, 0.3) is 11.5 Å². The number of nitrogens with one attached hydrogen (secondary N) is 2. The minimum atomic E-state index is -0.671. The second-order valence-electron chi connectivity index (χ2n) is 7.43. The Hall–Kier alpha value is -4.73. The van der Waals surface area contributed by atoms with Gasteiger partial charge in [0.2, 0.25) is 0 Å². The van der Waals surface area contributed by atoms with Gasteiger partial charge in [-0.3, -0.25) is 9.59 Å². The smallest absolute Gasteiger partial charge is 0.343 e. The molecular weight excluding hydrogens is 450 g/mol. The first kappa shape index (κ1) is 23.4. The number of esters is 1. The summed E-state index contributed by atoms with van der Waals surface area (Å²) in [6.45, 7) is 1.84. The molecule has 0 fully saturated rings. The van der Waals surface area contributed by atoms with Crippen LogP contribution < -0.4 is 15.6 Å². The first-order valence-corrected chi connectivity index (χ1v) is 10.8. The Kier molecular flexibility index (Phi) is 7.01. The number of carbonyl (C=O) groups is 2. The average Bonchev–Trinajstić information content (AvgIpc) is 3.28. The Labute approximate surface area is 200 Å². The zero-order valence-corrected chi connectivity index (χ0v) is 19.1. The molecule has 0 saturated carbocycles. The molecule has 0 saturated heterocycles. The molecule has 10 nitrogen and oxygen atoms in total. The number of aromatic nitrogens is 4. The summed E-state index contributed by atoms with van der Waals surface area (Å²) in [5, 5.41) is 6.92. The van der Waals surface area contributed by atoms with E-state index in [1.54, 1.807) is 50.4 Å². The van der Waals surface area contributed by atoms with E-state index in [-0.39, 0.29) is 23.7 Å². The topological polar surface area (TPSA) is 128 Å². The van der Waals surface area contributed by atoms with Gasteiger partial charge in [0.15, 0.2) is 5.82 Å². The maximum atomic E-state index is 13.1. The van der Waals surface area contributed by atoms with E-state index in [0.717, 1.165) is 11.6 Å². The highest BCUT2D eigenvalue weighted by atomic mass is 16.5. The van der Waals surface area contributed by atoms with Crippen LogP contribution in [0.25, 0.3) is 5.69 Å². The van der Waals surface area contributed by atoms with Crippen molar-refractivity contribution >= 4 is 17.7 Å². The molecule has 2 aromatic carbocycles. The zero-order valence-electron chi connectivity index (χ0n) is 19.1. The second kappa shape index (κ2) is 10.5. The van der Waals surface area contributed by atoms with Crippen molar-refractivity contribution in [3.8, 4) is 11.4 Å². The molecule has 0 unspecified atom stereocenters.